The summed E-state index contributed by atoms with van der Waals surface area (Å²) in [4.78, 5) is 25.9. The Morgan fingerprint density at radius 2 is 2.07 bits per heavy atom. The molecule has 1 aliphatic rings. The largest absolute Gasteiger partial charge is 0.361 e. The SMILES string of the molecule is CN(c1ccc2[nH]ccc2c1)c1ccnc(Nc2cccc3c2CC(=O)N3)n1. The van der Waals surface area contributed by atoms with Gasteiger partial charge in [0, 0.05) is 53.0 Å². The first kappa shape index (κ1) is 16.3. The van der Waals surface area contributed by atoms with Gasteiger partial charge in [0.2, 0.25) is 11.9 Å². The van der Waals surface area contributed by atoms with Crippen LogP contribution in [0.2, 0.25) is 0 Å². The van der Waals surface area contributed by atoms with E-state index in [1.165, 1.54) is 0 Å². The number of carbonyl (C=O) groups excluding carboxylic acids is 1. The molecule has 0 atom stereocenters. The molecule has 0 saturated carbocycles. The predicted molar refractivity (Wildman–Crippen MR) is 110 cm³/mol. The van der Waals surface area contributed by atoms with Crippen molar-refractivity contribution in [1.82, 2.24) is 15.0 Å². The molecule has 0 fully saturated rings. The lowest BCUT2D eigenvalue weighted by atomic mass is 10.1. The first-order valence-electron chi connectivity index (χ1n) is 9.00. The lowest BCUT2D eigenvalue weighted by Crippen LogP contribution is -2.12. The topological polar surface area (TPSA) is 85.9 Å². The Bertz CT molecular complexity index is 1200. The van der Waals surface area contributed by atoms with Gasteiger partial charge in [-0.1, -0.05) is 6.07 Å². The van der Waals surface area contributed by atoms with E-state index in [4.69, 9.17) is 0 Å². The molecule has 0 aliphatic carbocycles. The van der Waals surface area contributed by atoms with E-state index in [-0.39, 0.29) is 5.91 Å². The van der Waals surface area contributed by atoms with Crippen LogP contribution in [0.4, 0.5) is 28.8 Å². The highest BCUT2D eigenvalue weighted by atomic mass is 16.1. The highest BCUT2D eigenvalue weighted by Gasteiger charge is 2.21. The Balaban J connectivity index is 1.44. The standard InChI is InChI=1S/C21H18N6O/c1-27(14-5-6-16-13(11-14)7-9-22-16)19-8-10-23-21(26-19)25-18-4-2-3-17-15(18)12-20(28)24-17/h2-11,22H,12H2,1H3,(H,24,28)(H,23,25,26). The van der Waals surface area contributed by atoms with E-state index in [0.717, 1.165) is 39.3 Å². The zero-order valence-electron chi connectivity index (χ0n) is 15.2. The summed E-state index contributed by atoms with van der Waals surface area (Å²) in [5, 5.41) is 7.25. The van der Waals surface area contributed by atoms with Gasteiger partial charge in [0.05, 0.1) is 6.42 Å². The molecule has 2 aromatic heterocycles. The van der Waals surface area contributed by atoms with E-state index in [1.807, 2.05) is 48.5 Å². The fraction of sp³-hybridized carbons (Fsp3) is 0.0952. The molecule has 2 aromatic carbocycles. The van der Waals surface area contributed by atoms with Crippen molar-refractivity contribution >= 4 is 45.6 Å². The van der Waals surface area contributed by atoms with Crippen molar-refractivity contribution in [2.24, 2.45) is 0 Å². The number of carbonyl (C=O) groups is 1. The van der Waals surface area contributed by atoms with Gasteiger partial charge < -0.3 is 20.5 Å². The Hall–Kier alpha value is -3.87. The van der Waals surface area contributed by atoms with Gasteiger partial charge in [-0.3, -0.25) is 4.79 Å². The highest BCUT2D eigenvalue weighted by molar-refractivity contribution is 6.01. The lowest BCUT2D eigenvalue weighted by Gasteiger charge is -2.19. The van der Waals surface area contributed by atoms with Crippen LogP contribution in [0.1, 0.15) is 5.56 Å². The third-order valence-electron chi connectivity index (χ3n) is 4.94. The molecule has 5 rings (SSSR count). The highest BCUT2D eigenvalue weighted by Crippen LogP contribution is 2.32. The number of nitrogens with one attached hydrogen (secondary N) is 3. The molecule has 4 aromatic rings. The van der Waals surface area contributed by atoms with Crippen molar-refractivity contribution in [3.63, 3.8) is 0 Å². The van der Waals surface area contributed by atoms with Crippen molar-refractivity contribution in [3.8, 4) is 0 Å². The minimum atomic E-state index is -0.00111. The third-order valence-corrected chi connectivity index (χ3v) is 4.94. The van der Waals surface area contributed by atoms with E-state index >= 15 is 0 Å². The van der Waals surface area contributed by atoms with Crippen LogP contribution in [0.3, 0.4) is 0 Å². The number of benzene rings is 2. The summed E-state index contributed by atoms with van der Waals surface area (Å²) >= 11 is 0. The smallest absolute Gasteiger partial charge is 0.229 e. The zero-order valence-corrected chi connectivity index (χ0v) is 15.2. The van der Waals surface area contributed by atoms with Crippen LogP contribution in [-0.4, -0.2) is 27.9 Å². The summed E-state index contributed by atoms with van der Waals surface area (Å²) in [7, 11) is 1.97. The summed E-state index contributed by atoms with van der Waals surface area (Å²) < 4.78 is 0. The van der Waals surface area contributed by atoms with Crippen LogP contribution in [0, 0.1) is 0 Å². The quantitative estimate of drug-likeness (QED) is 0.506. The molecule has 0 spiro atoms. The molecule has 7 nitrogen and oxygen atoms in total. The fourth-order valence-electron chi connectivity index (χ4n) is 3.46. The molecular formula is C21H18N6O. The molecule has 0 radical (unpaired) electrons. The normalized spacial score (nSPS) is 12.7. The number of fused-ring (bicyclic) bond motifs is 2. The fourth-order valence-corrected chi connectivity index (χ4v) is 3.46. The Labute approximate surface area is 161 Å². The molecule has 7 heteroatoms. The number of rotatable bonds is 4. The van der Waals surface area contributed by atoms with Crippen molar-refractivity contribution in [3.05, 3.63) is 66.5 Å². The number of amides is 1. The monoisotopic (exact) mass is 370 g/mol. The molecule has 0 unspecified atom stereocenters. The van der Waals surface area contributed by atoms with Crippen LogP contribution < -0.4 is 15.5 Å². The van der Waals surface area contributed by atoms with Gasteiger partial charge in [0.1, 0.15) is 5.82 Å². The molecule has 1 amide bonds. The number of hydrogen-bond donors (Lipinski definition) is 3. The summed E-state index contributed by atoms with van der Waals surface area (Å²) in [6.07, 6.45) is 4.01. The summed E-state index contributed by atoms with van der Waals surface area (Å²) in [5.74, 6) is 1.26. The van der Waals surface area contributed by atoms with Gasteiger partial charge in [-0.15, -0.1) is 0 Å². The number of aromatic amines is 1. The Kier molecular flexibility index (Phi) is 3.72. The van der Waals surface area contributed by atoms with Gasteiger partial charge in [-0.2, -0.15) is 4.98 Å². The minimum Gasteiger partial charge on any atom is -0.361 e. The average Bonchev–Trinajstić information content (AvgIpc) is 3.33. The summed E-state index contributed by atoms with van der Waals surface area (Å²) in [6.45, 7) is 0. The second-order valence-electron chi connectivity index (χ2n) is 6.73. The van der Waals surface area contributed by atoms with E-state index < -0.39 is 0 Å². The first-order chi connectivity index (χ1) is 13.7. The second-order valence-corrected chi connectivity index (χ2v) is 6.73. The van der Waals surface area contributed by atoms with Gasteiger partial charge in [-0.25, -0.2) is 4.98 Å². The van der Waals surface area contributed by atoms with E-state index in [0.29, 0.717) is 12.4 Å². The lowest BCUT2D eigenvalue weighted by molar-refractivity contribution is -0.115. The van der Waals surface area contributed by atoms with Crippen molar-refractivity contribution in [2.75, 3.05) is 22.6 Å². The predicted octanol–water partition coefficient (Wildman–Crippen LogP) is 3.96. The summed E-state index contributed by atoms with van der Waals surface area (Å²) in [6, 6.07) is 15.9. The van der Waals surface area contributed by atoms with Crippen molar-refractivity contribution < 1.29 is 4.79 Å². The maximum absolute atomic E-state index is 11.7. The molecular weight excluding hydrogens is 352 g/mol. The Morgan fingerprint density at radius 1 is 1.14 bits per heavy atom. The molecule has 0 saturated heterocycles. The second kappa shape index (κ2) is 6.38. The van der Waals surface area contributed by atoms with E-state index in [9.17, 15) is 4.79 Å². The molecule has 28 heavy (non-hydrogen) atoms. The third kappa shape index (κ3) is 2.83. The maximum Gasteiger partial charge on any atom is 0.229 e. The van der Waals surface area contributed by atoms with E-state index in [1.54, 1.807) is 6.20 Å². The van der Waals surface area contributed by atoms with Crippen molar-refractivity contribution in [2.45, 2.75) is 6.42 Å². The summed E-state index contributed by atoms with van der Waals surface area (Å²) in [5.41, 5.74) is 4.75. The van der Waals surface area contributed by atoms with Crippen LogP contribution >= 0.6 is 0 Å². The Morgan fingerprint density at radius 3 is 3.00 bits per heavy atom. The first-order valence-corrected chi connectivity index (χ1v) is 9.00. The van der Waals surface area contributed by atoms with Crippen LogP contribution in [0.15, 0.2) is 60.9 Å². The van der Waals surface area contributed by atoms with Crippen LogP contribution in [0.5, 0.6) is 0 Å². The number of aromatic nitrogens is 3. The molecule has 1 aliphatic heterocycles. The molecule has 3 heterocycles. The van der Waals surface area contributed by atoms with Crippen LogP contribution in [-0.2, 0) is 11.2 Å². The minimum absolute atomic E-state index is 0.00111. The van der Waals surface area contributed by atoms with Gasteiger partial charge in [0.25, 0.3) is 0 Å². The average molecular weight is 370 g/mol. The zero-order chi connectivity index (χ0) is 19.1. The number of H-pyrrole nitrogens is 1. The van der Waals surface area contributed by atoms with Crippen molar-refractivity contribution in [1.29, 1.82) is 0 Å². The number of hydrogen-bond acceptors (Lipinski definition) is 5. The van der Waals surface area contributed by atoms with Gasteiger partial charge in [0.15, 0.2) is 0 Å². The van der Waals surface area contributed by atoms with Crippen LogP contribution in [0.25, 0.3) is 10.9 Å². The molecule has 3 N–H and O–H groups in total. The maximum atomic E-state index is 11.7. The molecule has 138 valence electrons. The van der Waals surface area contributed by atoms with Gasteiger partial charge >= 0.3 is 0 Å². The number of anilines is 5. The van der Waals surface area contributed by atoms with Gasteiger partial charge in [-0.05, 0) is 42.5 Å². The molecule has 0 bridgehead atoms. The van der Waals surface area contributed by atoms with E-state index in [2.05, 4.69) is 43.8 Å². The number of nitrogens with zero attached hydrogens (tertiary/aromatic N) is 3.